The van der Waals surface area contributed by atoms with E-state index in [1.54, 1.807) is 0 Å². The third-order valence-electron chi connectivity index (χ3n) is 2.13. The Balaban J connectivity index is 0.000000184. The molecule has 0 atom stereocenters. The van der Waals surface area contributed by atoms with Crippen LogP contribution in [0.15, 0.2) is 60.7 Å². The fraction of sp³-hybridized carbons (Fsp3) is 0.200. The van der Waals surface area contributed by atoms with Gasteiger partial charge in [-0.05, 0) is 17.7 Å². The SMILES string of the molecule is OCCOc1ccccc1.OCc1ccccc1. The number of aliphatic hydroxyl groups excluding tert-OH is 2. The molecule has 96 valence electrons. The molecule has 0 spiro atoms. The monoisotopic (exact) mass is 246 g/mol. The summed E-state index contributed by atoms with van der Waals surface area (Å²) in [6.45, 7) is 0.569. The minimum Gasteiger partial charge on any atom is -0.491 e. The van der Waals surface area contributed by atoms with Crippen LogP contribution in [-0.4, -0.2) is 23.4 Å². The second-order valence-corrected chi connectivity index (χ2v) is 3.53. The average Bonchev–Trinajstić information content (AvgIpc) is 2.48. The minimum atomic E-state index is 0.0644. The van der Waals surface area contributed by atoms with Crippen LogP contribution < -0.4 is 4.74 Å². The van der Waals surface area contributed by atoms with E-state index in [2.05, 4.69) is 0 Å². The van der Waals surface area contributed by atoms with Gasteiger partial charge in [-0.2, -0.15) is 0 Å². The highest BCUT2D eigenvalue weighted by atomic mass is 16.5. The van der Waals surface area contributed by atoms with Gasteiger partial charge in [0.15, 0.2) is 0 Å². The number of hydrogen-bond donors (Lipinski definition) is 2. The maximum absolute atomic E-state index is 8.54. The van der Waals surface area contributed by atoms with Crippen molar-refractivity contribution in [2.24, 2.45) is 0 Å². The molecule has 18 heavy (non-hydrogen) atoms. The lowest BCUT2D eigenvalue weighted by Crippen LogP contribution is -2.00. The summed E-state index contributed by atoms with van der Waals surface area (Å²) < 4.78 is 5.11. The standard InChI is InChI=1S/C8H10O2.C7H8O/c9-6-7-10-8-4-2-1-3-5-8;8-6-7-4-2-1-3-5-7/h1-5,9H,6-7H2;1-5,8H,6H2. The number of para-hydroxylation sites is 1. The van der Waals surface area contributed by atoms with Gasteiger partial charge in [0.2, 0.25) is 0 Å². The Morgan fingerprint density at radius 1 is 0.778 bits per heavy atom. The van der Waals surface area contributed by atoms with Crippen molar-refractivity contribution in [2.45, 2.75) is 6.61 Å². The molecule has 0 unspecified atom stereocenters. The second kappa shape index (κ2) is 9.22. The lowest BCUT2D eigenvalue weighted by Gasteiger charge is -2.01. The normalized spacial score (nSPS) is 9.22. The van der Waals surface area contributed by atoms with Gasteiger partial charge in [0, 0.05) is 0 Å². The summed E-state index contributed by atoms with van der Waals surface area (Å²) in [5.74, 6) is 0.802. The molecular formula is C15H18O3. The molecule has 3 nitrogen and oxygen atoms in total. The van der Waals surface area contributed by atoms with Crippen LogP contribution in [0, 0.1) is 0 Å². The molecule has 0 aliphatic heterocycles. The molecule has 0 radical (unpaired) electrons. The Kier molecular flexibility index (Phi) is 7.28. The van der Waals surface area contributed by atoms with E-state index in [-0.39, 0.29) is 13.2 Å². The Labute approximate surface area is 107 Å². The highest BCUT2D eigenvalue weighted by molar-refractivity contribution is 5.20. The van der Waals surface area contributed by atoms with E-state index >= 15 is 0 Å². The highest BCUT2D eigenvalue weighted by Crippen LogP contribution is 2.07. The summed E-state index contributed by atoms with van der Waals surface area (Å²) >= 11 is 0. The predicted octanol–water partition coefficient (Wildman–Crippen LogP) is 2.24. The average molecular weight is 246 g/mol. The van der Waals surface area contributed by atoms with Crippen LogP contribution in [0.5, 0.6) is 5.75 Å². The van der Waals surface area contributed by atoms with Crippen molar-refractivity contribution in [3.05, 3.63) is 66.2 Å². The zero-order chi connectivity index (χ0) is 13.1. The molecule has 2 aromatic rings. The summed E-state index contributed by atoms with van der Waals surface area (Å²) in [6, 6.07) is 19.0. The van der Waals surface area contributed by atoms with Crippen molar-refractivity contribution in [2.75, 3.05) is 13.2 Å². The smallest absolute Gasteiger partial charge is 0.119 e. The number of hydrogen-bond acceptors (Lipinski definition) is 3. The van der Waals surface area contributed by atoms with Crippen LogP contribution in [0.25, 0.3) is 0 Å². The number of aliphatic hydroxyl groups is 2. The van der Waals surface area contributed by atoms with Gasteiger partial charge >= 0.3 is 0 Å². The van der Waals surface area contributed by atoms with Crippen molar-refractivity contribution >= 4 is 0 Å². The molecule has 0 fully saturated rings. The topological polar surface area (TPSA) is 49.7 Å². The Morgan fingerprint density at radius 3 is 1.78 bits per heavy atom. The van der Waals surface area contributed by atoms with E-state index in [0.29, 0.717) is 6.61 Å². The van der Waals surface area contributed by atoms with Crippen LogP contribution in [0.1, 0.15) is 5.56 Å². The van der Waals surface area contributed by atoms with Crippen LogP contribution in [-0.2, 0) is 6.61 Å². The number of rotatable bonds is 4. The molecule has 3 heteroatoms. The predicted molar refractivity (Wildman–Crippen MR) is 71.4 cm³/mol. The molecule has 0 aliphatic carbocycles. The zero-order valence-corrected chi connectivity index (χ0v) is 10.2. The molecule has 0 amide bonds. The first kappa shape index (κ1) is 14.2. The van der Waals surface area contributed by atoms with Crippen molar-refractivity contribution in [3.8, 4) is 5.75 Å². The van der Waals surface area contributed by atoms with E-state index in [9.17, 15) is 0 Å². The quantitative estimate of drug-likeness (QED) is 0.869. The van der Waals surface area contributed by atoms with Crippen molar-refractivity contribution in [1.82, 2.24) is 0 Å². The van der Waals surface area contributed by atoms with Crippen LogP contribution >= 0.6 is 0 Å². The first-order valence-electron chi connectivity index (χ1n) is 5.80. The molecule has 0 heterocycles. The van der Waals surface area contributed by atoms with Gasteiger partial charge in [-0.15, -0.1) is 0 Å². The van der Waals surface area contributed by atoms with Crippen LogP contribution in [0.2, 0.25) is 0 Å². The van der Waals surface area contributed by atoms with Gasteiger partial charge in [0.25, 0.3) is 0 Å². The third-order valence-corrected chi connectivity index (χ3v) is 2.13. The molecule has 0 aliphatic rings. The highest BCUT2D eigenvalue weighted by Gasteiger charge is 1.87. The molecular weight excluding hydrogens is 228 g/mol. The van der Waals surface area contributed by atoms with E-state index in [1.807, 2.05) is 60.7 Å². The van der Waals surface area contributed by atoms with Crippen molar-refractivity contribution in [1.29, 1.82) is 0 Å². The molecule has 0 saturated heterocycles. The lowest BCUT2D eigenvalue weighted by atomic mass is 10.2. The summed E-state index contributed by atoms with van der Waals surface area (Å²) in [5.41, 5.74) is 0.965. The molecule has 0 saturated carbocycles. The summed E-state index contributed by atoms with van der Waals surface area (Å²) in [5, 5.41) is 16.9. The summed E-state index contributed by atoms with van der Waals surface area (Å²) in [4.78, 5) is 0. The molecule has 0 aromatic heterocycles. The largest absolute Gasteiger partial charge is 0.491 e. The maximum atomic E-state index is 8.54. The second-order valence-electron chi connectivity index (χ2n) is 3.53. The molecule has 0 bridgehead atoms. The van der Waals surface area contributed by atoms with Gasteiger partial charge in [-0.25, -0.2) is 0 Å². The van der Waals surface area contributed by atoms with Gasteiger partial charge in [0.05, 0.1) is 13.2 Å². The number of ether oxygens (including phenoxy) is 1. The minimum absolute atomic E-state index is 0.0644. The van der Waals surface area contributed by atoms with Gasteiger partial charge in [-0.3, -0.25) is 0 Å². The van der Waals surface area contributed by atoms with E-state index in [0.717, 1.165) is 11.3 Å². The fourth-order valence-corrected chi connectivity index (χ4v) is 1.26. The Bertz CT molecular complexity index is 401. The third kappa shape index (κ3) is 6.03. The van der Waals surface area contributed by atoms with Gasteiger partial charge in [-0.1, -0.05) is 48.5 Å². The summed E-state index contributed by atoms with van der Waals surface area (Å²) in [6.07, 6.45) is 0. The molecule has 2 N–H and O–H groups in total. The van der Waals surface area contributed by atoms with E-state index < -0.39 is 0 Å². The molecule has 2 rings (SSSR count). The van der Waals surface area contributed by atoms with Crippen LogP contribution in [0.3, 0.4) is 0 Å². The van der Waals surface area contributed by atoms with E-state index in [1.165, 1.54) is 0 Å². The van der Waals surface area contributed by atoms with Crippen LogP contribution in [0.4, 0.5) is 0 Å². The first-order chi connectivity index (χ1) is 8.86. The summed E-state index contributed by atoms with van der Waals surface area (Å²) in [7, 11) is 0. The van der Waals surface area contributed by atoms with E-state index in [4.69, 9.17) is 14.9 Å². The zero-order valence-electron chi connectivity index (χ0n) is 10.2. The van der Waals surface area contributed by atoms with Gasteiger partial charge in [0.1, 0.15) is 12.4 Å². The van der Waals surface area contributed by atoms with Gasteiger partial charge < -0.3 is 14.9 Å². The van der Waals surface area contributed by atoms with Crippen molar-refractivity contribution in [3.63, 3.8) is 0 Å². The maximum Gasteiger partial charge on any atom is 0.119 e. The first-order valence-corrected chi connectivity index (χ1v) is 5.80. The number of benzene rings is 2. The lowest BCUT2D eigenvalue weighted by molar-refractivity contribution is 0.201. The molecule has 2 aromatic carbocycles. The van der Waals surface area contributed by atoms with Crippen molar-refractivity contribution < 1.29 is 14.9 Å². The Morgan fingerprint density at radius 2 is 1.33 bits per heavy atom. The fourth-order valence-electron chi connectivity index (χ4n) is 1.26. The Hall–Kier alpha value is -1.84.